The Bertz CT molecular complexity index is 1310. The second-order valence-corrected chi connectivity index (χ2v) is 7.50. The zero-order chi connectivity index (χ0) is 27.4. The zero-order valence-corrected chi connectivity index (χ0v) is 16.9. The van der Waals surface area contributed by atoms with Crippen molar-refractivity contribution in [2.24, 2.45) is 0 Å². The largest absolute Gasteiger partial charge is 0.349 e. The molecule has 1 fully saturated rings. The number of halogens is 3. The van der Waals surface area contributed by atoms with Crippen molar-refractivity contribution in [2.45, 2.75) is 37.8 Å². The van der Waals surface area contributed by atoms with E-state index in [1.165, 1.54) is 18.2 Å². The first-order valence-electron chi connectivity index (χ1n) is 11.9. The van der Waals surface area contributed by atoms with Gasteiger partial charge in [0.25, 0.3) is 11.8 Å². The van der Waals surface area contributed by atoms with Crippen LogP contribution < -0.4 is 10.6 Å². The highest BCUT2D eigenvalue weighted by atomic mass is 35.5. The van der Waals surface area contributed by atoms with Gasteiger partial charge in [-0.05, 0) is 35.7 Å². The fraction of sp³-hybridized carbons (Fsp3) is 0.273. The van der Waals surface area contributed by atoms with Gasteiger partial charge in [0, 0.05) is 39.7 Å². The summed E-state index contributed by atoms with van der Waals surface area (Å²) in [6, 6.07) is 5.98. The number of hydrogen-bond donors (Lipinski definition) is 2. The Labute approximate surface area is 193 Å². The second kappa shape index (κ2) is 8.31. The van der Waals surface area contributed by atoms with Crippen LogP contribution in [0, 0.1) is 0 Å². The summed E-state index contributed by atoms with van der Waals surface area (Å²) in [7, 11) is 0. The van der Waals surface area contributed by atoms with Crippen molar-refractivity contribution in [1.82, 2.24) is 15.5 Å². The minimum atomic E-state index is -4.13. The number of amides is 4. The van der Waals surface area contributed by atoms with E-state index in [-0.39, 0.29) is 33.6 Å². The average Bonchev–Trinajstić information content (AvgIpc) is 3.16. The van der Waals surface area contributed by atoms with Gasteiger partial charge >= 0.3 is 5.92 Å². The lowest BCUT2D eigenvalue weighted by atomic mass is 10.0. The van der Waals surface area contributed by atoms with Gasteiger partial charge in [-0.25, -0.2) is 0 Å². The van der Waals surface area contributed by atoms with Crippen molar-refractivity contribution < 1.29 is 34.9 Å². The monoisotopic (exact) mass is 466 g/mol. The van der Waals surface area contributed by atoms with Crippen LogP contribution in [0.5, 0.6) is 0 Å². The van der Waals surface area contributed by atoms with E-state index >= 15 is 0 Å². The molecule has 2 aromatic carbocycles. The highest BCUT2D eigenvalue weighted by molar-refractivity contribution is 6.30. The molecule has 2 aromatic rings. The first-order chi connectivity index (χ1) is 17.2. The minimum Gasteiger partial charge on any atom is -0.346 e. The lowest BCUT2D eigenvalue weighted by Crippen LogP contribution is -2.52. The number of carbonyl (C=O) groups excluding carboxylic acids is 4. The molecule has 0 aliphatic carbocycles. The number of nitrogens with zero attached hydrogens (tertiary/aromatic N) is 1. The Morgan fingerprint density at radius 2 is 2.00 bits per heavy atom. The molecule has 2 aliphatic rings. The van der Waals surface area contributed by atoms with Crippen LogP contribution >= 0.6 is 11.6 Å². The molecule has 4 rings (SSSR count). The molecule has 1 saturated heterocycles. The topological polar surface area (TPSA) is 95.6 Å². The van der Waals surface area contributed by atoms with Gasteiger partial charge in [0.05, 0.1) is 1.37 Å². The van der Waals surface area contributed by atoms with Crippen LogP contribution in [0.2, 0.25) is 6.43 Å². The van der Waals surface area contributed by atoms with Gasteiger partial charge in [-0.2, -0.15) is 8.78 Å². The molecule has 32 heavy (non-hydrogen) atoms. The van der Waals surface area contributed by atoms with Crippen LogP contribution in [0.15, 0.2) is 42.5 Å². The van der Waals surface area contributed by atoms with Gasteiger partial charge in [0.2, 0.25) is 11.8 Å². The van der Waals surface area contributed by atoms with Crippen LogP contribution in [0.3, 0.4) is 0 Å². The van der Waals surface area contributed by atoms with Gasteiger partial charge in [-0.3, -0.25) is 24.5 Å². The molecule has 3 unspecified atom stereocenters. The SMILES string of the molecule is [2H]C(c1ccc2c(c1)CN(C1C(=O)NC(=O)C([2H])C1([2H])[2H])C2=O)N([2H])C(=O)C(F)(F)c1ccc(Cl)cc1. The molecule has 7 nitrogen and oxygen atoms in total. The maximum Gasteiger partial charge on any atom is 0.349 e. The lowest BCUT2D eigenvalue weighted by molar-refractivity contribution is -0.147. The van der Waals surface area contributed by atoms with E-state index in [2.05, 4.69) is 0 Å². The number of nitrogens with one attached hydrogen (secondary N) is 2. The molecule has 0 radical (unpaired) electrons. The number of rotatable bonds is 5. The normalized spacial score (nSPS) is 25.5. The number of carbonyl (C=O) groups is 4. The number of imide groups is 1. The molecule has 10 heteroatoms. The van der Waals surface area contributed by atoms with Crippen LogP contribution in [0.4, 0.5) is 8.78 Å². The summed E-state index contributed by atoms with van der Waals surface area (Å²) < 4.78 is 69.4. The predicted molar refractivity (Wildman–Crippen MR) is 110 cm³/mol. The molecule has 2 N–H and O–H groups in total. The molecule has 166 valence electrons. The molecule has 2 aliphatic heterocycles. The summed E-state index contributed by atoms with van der Waals surface area (Å²) in [4.78, 5) is 50.3. The number of hydrogen-bond acceptors (Lipinski definition) is 4. The van der Waals surface area contributed by atoms with Crippen molar-refractivity contribution in [2.75, 3.05) is 0 Å². The third-order valence-corrected chi connectivity index (χ3v) is 5.20. The van der Waals surface area contributed by atoms with E-state index in [1.54, 1.807) is 0 Å². The summed E-state index contributed by atoms with van der Waals surface area (Å²) in [5.74, 6) is -9.09. The van der Waals surface area contributed by atoms with Gasteiger partial charge in [-0.15, -0.1) is 0 Å². The van der Waals surface area contributed by atoms with E-state index in [9.17, 15) is 28.0 Å². The molecule has 3 atom stereocenters. The van der Waals surface area contributed by atoms with E-state index in [0.29, 0.717) is 0 Å². The van der Waals surface area contributed by atoms with E-state index in [1.807, 2.05) is 5.32 Å². The molecule has 0 spiro atoms. The Kier molecular flexibility index (Phi) is 4.24. The van der Waals surface area contributed by atoms with Crippen molar-refractivity contribution >= 4 is 35.2 Å². The summed E-state index contributed by atoms with van der Waals surface area (Å²) in [5, 5.41) is 1.84. The van der Waals surface area contributed by atoms with Crippen LogP contribution in [-0.4, -0.2) is 34.6 Å². The number of fused-ring (bicyclic) bond motifs is 1. The third-order valence-electron chi connectivity index (χ3n) is 4.95. The van der Waals surface area contributed by atoms with E-state index in [0.717, 1.165) is 29.2 Å². The fourth-order valence-electron chi connectivity index (χ4n) is 3.34. The molecule has 0 saturated carbocycles. The van der Waals surface area contributed by atoms with Gasteiger partial charge < -0.3 is 10.2 Å². The van der Waals surface area contributed by atoms with Gasteiger partial charge in [0.1, 0.15) is 6.04 Å². The Balaban J connectivity index is 1.57. The van der Waals surface area contributed by atoms with Crippen LogP contribution in [0.25, 0.3) is 0 Å². The molecular formula is C22H18ClF2N3O4. The van der Waals surface area contributed by atoms with Crippen molar-refractivity contribution in [3.8, 4) is 0 Å². The molecule has 0 bridgehead atoms. The Hall–Kier alpha value is -3.33. The fourth-order valence-corrected chi connectivity index (χ4v) is 3.46. The van der Waals surface area contributed by atoms with Gasteiger partial charge in [0.15, 0.2) is 1.41 Å². The zero-order valence-electron chi connectivity index (χ0n) is 21.1. The lowest BCUT2D eigenvalue weighted by Gasteiger charge is -2.29. The smallest absolute Gasteiger partial charge is 0.346 e. The van der Waals surface area contributed by atoms with Crippen molar-refractivity contribution in [1.29, 1.82) is 0 Å². The second-order valence-electron chi connectivity index (χ2n) is 7.06. The van der Waals surface area contributed by atoms with E-state index in [4.69, 9.17) is 18.5 Å². The van der Waals surface area contributed by atoms with E-state index < -0.39 is 60.4 Å². The molecule has 2 heterocycles. The first kappa shape index (κ1) is 16.3. The average molecular weight is 467 g/mol. The number of alkyl halides is 2. The van der Waals surface area contributed by atoms with Crippen molar-refractivity contribution in [3.05, 3.63) is 69.7 Å². The highest BCUT2D eigenvalue weighted by Crippen LogP contribution is 2.30. The van der Waals surface area contributed by atoms with Crippen LogP contribution in [-0.2, 0) is 33.4 Å². The quantitative estimate of drug-likeness (QED) is 0.662. The molecule has 0 aromatic heterocycles. The maximum absolute atomic E-state index is 14.7. The van der Waals surface area contributed by atoms with Crippen molar-refractivity contribution in [3.63, 3.8) is 0 Å². The summed E-state index contributed by atoms with van der Waals surface area (Å²) >= 11 is 5.69. The van der Waals surface area contributed by atoms with Gasteiger partial charge in [-0.1, -0.05) is 35.9 Å². The molecular weight excluding hydrogens is 444 g/mol. The first-order valence-corrected chi connectivity index (χ1v) is 9.65. The number of benzene rings is 2. The molecule has 4 amide bonds. The Morgan fingerprint density at radius 3 is 2.72 bits per heavy atom. The summed E-state index contributed by atoms with van der Waals surface area (Å²) in [6.45, 7) is -2.26. The number of piperidine rings is 1. The summed E-state index contributed by atoms with van der Waals surface area (Å²) in [5.41, 5.74) is -0.597. The standard InChI is InChI=1S/C22H18ClF2N3O4/c23-15-4-2-14(3-5-15)22(24,25)21(32)26-10-12-1-6-16-13(9-12)11-28(20(16)31)17-7-8-18(29)27-19(17)30/h1-6,9,17H,7-8,10-11H2,(H,26,32)(H,27,29,30)/i7D2,8D,10D/hD. The maximum atomic E-state index is 14.7. The van der Waals surface area contributed by atoms with Crippen LogP contribution in [0.1, 0.15) is 45.3 Å². The highest BCUT2D eigenvalue weighted by Gasteiger charge is 2.41. The minimum absolute atomic E-state index is 0.0207. The predicted octanol–water partition coefficient (Wildman–Crippen LogP) is 2.51. The summed E-state index contributed by atoms with van der Waals surface area (Å²) in [6.07, 6.45) is -4.67. The Morgan fingerprint density at radius 1 is 1.28 bits per heavy atom. The third kappa shape index (κ3) is 4.08.